The van der Waals surface area contributed by atoms with E-state index in [-0.39, 0.29) is 12.1 Å². The Labute approximate surface area is 126 Å². The van der Waals surface area contributed by atoms with Crippen LogP contribution in [0, 0.1) is 13.8 Å². The first-order valence-corrected chi connectivity index (χ1v) is 7.55. The van der Waals surface area contributed by atoms with Crippen LogP contribution in [-0.4, -0.2) is 54.2 Å². The molecular weight excluding hydrogens is 268 g/mol. The summed E-state index contributed by atoms with van der Waals surface area (Å²) < 4.78 is 5.23. The maximum Gasteiger partial charge on any atom is 0.319 e. The number of hydrogen-bond acceptors (Lipinski definition) is 4. The van der Waals surface area contributed by atoms with Crippen LogP contribution in [-0.2, 0) is 0 Å². The molecule has 1 aromatic heterocycles. The zero-order valence-electron chi connectivity index (χ0n) is 13.6. The Morgan fingerprint density at radius 3 is 2.48 bits per heavy atom. The van der Waals surface area contributed by atoms with Gasteiger partial charge in [0, 0.05) is 44.8 Å². The van der Waals surface area contributed by atoms with Gasteiger partial charge >= 0.3 is 6.03 Å². The highest BCUT2D eigenvalue weighted by Gasteiger charge is 2.26. The molecule has 1 atom stereocenters. The number of urea groups is 1. The number of aryl methyl sites for hydroxylation is 2. The van der Waals surface area contributed by atoms with Gasteiger partial charge in [0.15, 0.2) is 0 Å². The number of amides is 2. The number of carbonyl (C=O) groups excluding carboxylic acids is 1. The molecule has 118 valence electrons. The molecule has 6 nitrogen and oxygen atoms in total. The highest BCUT2D eigenvalue weighted by molar-refractivity contribution is 5.73. The highest BCUT2D eigenvalue weighted by atomic mass is 16.5. The zero-order valence-corrected chi connectivity index (χ0v) is 13.6. The Balaban J connectivity index is 1.88. The van der Waals surface area contributed by atoms with Crippen LogP contribution in [0.4, 0.5) is 4.79 Å². The van der Waals surface area contributed by atoms with E-state index in [4.69, 9.17) is 4.52 Å². The summed E-state index contributed by atoms with van der Waals surface area (Å²) >= 11 is 0. The van der Waals surface area contributed by atoms with E-state index in [1.807, 2.05) is 18.7 Å². The third kappa shape index (κ3) is 3.56. The van der Waals surface area contributed by atoms with Crippen molar-refractivity contribution < 1.29 is 9.32 Å². The number of rotatable bonds is 3. The molecule has 2 rings (SSSR count). The van der Waals surface area contributed by atoms with Crippen LogP contribution in [0.25, 0.3) is 0 Å². The second-order valence-corrected chi connectivity index (χ2v) is 6.06. The summed E-state index contributed by atoms with van der Waals surface area (Å²) in [6.07, 6.45) is 1.96. The summed E-state index contributed by atoms with van der Waals surface area (Å²) in [7, 11) is 3.60. The molecule has 0 radical (unpaired) electrons. The SMILES string of the molecule is Cc1noc(C)c1C(C)NC1CCN(C(=O)N(C)C)CC1. The molecule has 0 aromatic carbocycles. The Morgan fingerprint density at radius 2 is 2.00 bits per heavy atom. The molecule has 0 bridgehead atoms. The second-order valence-electron chi connectivity index (χ2n) is 6.06. The molecule has 6 heteroatoms. The van der Waals surface area contributed by atoms with Crippen LogP contribution in [0.5, 0.6) is 0 Å². The molecule has 21 heavy (non-hydrogen) atoms. The highest BCUT2D eigenvalue weighted by Crippen LogP contribution is 2.23. The number of piperidine rings is 1. The van der Waals surface area contributed by atoms with E-state index in [2.05, 4.69) is 17.4 Å². The number of nitrogens with zero attached hydrogens (tertiary/aromatic N) is 3. The Hall–Kier alpha value is -1.56. The molecule has 1 aliphatic rings. The quantitative estimate of drug-likeness (QED) is 0.927. The van der Waals surface area contributed by atoms with Crippen molar-refractivity contribution in [3.05, 3.63) is 17.0 Å². The Bertz CT molecular complexity index is 470. The fourth-order valence-corrected chi connectivity index (χ4v) is 3.07. The first kappa shape index (κ1) is 15.8. The van der Waals surface area contributed by atoms with Gasteiger partial charge in [-0.2, -0.15) is 0 Å². The third-order valence-electron chi connectivity index (χ3n) is 4.16. The minimum Gasteiger partial charge on any atom is -0.361 e. The second kappa shape index (κ2) is 6.47. The molecule has 1 N–H and O–H groups in total. The van der Waals surface area contributed by atoms with Gasteiger partial charge in [-0.15, -0.1) is 0 Å². The molecule has 1 aromatic rings. The first-order valence-electron chi connectivity index (χ1n) is 7.55. The minimum absolute atomic E-state index is 0.104. The van der Waals surface area contributed by atoms with E-state index in [1.54, 1.807) is 19.0 Å². The lowest BCUT2D eigenvalue weighted by molar-refractivity contribution is 0.151. The predicted molar refractivity (Wildman–Crippen MR) is 81.2 cm³/mol. The maximum absolute atomic E-state index is 11.9. The smallest absolute Gasteiger partial charge is 0.319 e. The van der Waals surface area contributed by atoms with E-state index < -0.39 is 0 Å². The Morgan fingerprint density at radius 1 is 1.38 bits per heavy atom. The van der Waals surface area contributed by atoms with E-state index in [1.165, 1.54) is 0 Å². The monoisotopic (exact) mass is 294 g/mol. The molecule has 1 fully saturated rings. The molecule has 1 saturated heterocycles. The van der Waals surface area contributed by atoms with Crippen LogP contribution in [0.1, 0.15) is 42.8 Å². The minimum atomic E-state index is 0.104. The van der Waals surface area contributed by atoms with Crippen LogP contribution >= 0.6 is 0 Å². The summed E-state index contributed by atoms with van der Waals surface area (Å²) in [4.78, 5) is 15.5. The molecule has 0 aliphatic carbocycles. The lowest BCUT2D eigenvalue weighted by Gasteiger charge is -2.35. The van der Waals surface area contributed by atoms with Gasteiger partial charge in [0.05, 0.1) is 5.69 Å². The van der Waals surface area contributed by atoms with Crippen LogP contribution in [0.15, 0.2) is 4.52 Å². The third-order valence-corrected chi connectivity index (χ3v) is 4.16. The molecule has 1 unspecified atom stereocenters. The summed E-state index contributed by atoms with van der Waals surface area (Å²) in [6, 6.07) is 0.754. The van der Waals surface area contributed by atoms with Gasteiger partial charge in [0.1, 0.15) is 5.76 Å². The van der Waals surface area contributed by atoms with Crippen LogP contribution < -0.4 is 5.32 Å². The molecule has 2 amide bonds. The van der Waals surface area contributed by atoms with Crippen molar-refractivity contribution in [3.63, 3.8) is 0 Å². The van der Waals surface area contributed by atoms with Crippen molar-refractivity contribution in [2.75, 3.05) is 27.2 Å². The van der Waals surface area contributed by atoms with Crippen LogP contribution in [0.2, 0.25) is 0 Å². The number of likely N-dealkylation sites (tertiary alicyclic amines) is 1. The largest absolute Gasteiger partial charge is 0.361 e. The number of nitrogens with one attached hydrogen (secondary N) is 1. The zero-order chi connectivity index (χ0) is 15.6. The van der Waals surface area contributed by atoms with Crippen LogP contribution in [0.3, 0.4) is 0 Å². The average molecular weight is 294 g/mol. The normalized spacial score (nSPS) is 17.9. The maximum atomic E-state index is 11.9. The van der Waals surface area contributed by atoms with Crippen molar-refractivity contribution >= 4 is 6.03 Å². The predicted octanol–water partition coefficient (Wildman–Crippen LogP) is 2.09. The molecule has 2 heterocycles. The van der Waals surface area contributed by atoms with Gasteiger partial charge in [-0.05, 0) is 33.6 Å². The van der Waals surface area contributed by atoms with Gasteiger partial charge in [-0.1, -0.05) is 5.16 Å². The summed E-state index contributed by atoms with van der Waals surface area (Å²) in [5.74, 6) is 0.882. The lowest BCUT2D eigenvalue weighted by atomic mass is 10.0. The van der Waals surface area contributed by atoms with Crippen molar-refractivity contribution in [3.8, 4) is 0 Å². The molecule has 1 aliphatic heterocycles. The number of aromatic nitrogens is 1. The van der Waals surface area contributed by atoms with Gasteiger partial charge in [0.25, 0.3) is 0 Å². The average Bonchev–Trinajstić information content (AvgIpc) is 2.78. The summed E-state index contributed by atoms with van der Waals surface area (Å²) in [5.41, 5.74) is 2.11. The summed E-state index contributed by atoms with van der Waals surface area (Å²) in [5, 5.41) is 7.65. The van der Waals surface area contributed by atoms with Crippen molar-refractivity contribution in [1.29, 1.82) is 0 Å². The van der Waals surface area contributed by atoms with E-state index in [0.29, 0.717) is 6.04 Å². The van der Waals surface area contributed by atoms with E-state index >= 15 is 0 Å². The Kier molecular flexibility index (Phi) is 4.88. The van der Waals surface area contributed by atoms with Gasteiger partial charge < -0.3 is 19.6 Å². The van der Waals surface area contributed by atoms with Crippen molar-refractivity contribution in [2.45, 2.75) is 45.7 Å². The van der Waals surface area contributed by atoms with Gasteiger partial charge in [0.2, 0.25) is 0 Å². The topological polar surface area (TPSA) is 61.6 Å². The molecule has 0 spiro atoms. The fraction of sp³-hybridized carbons (Fsp3) is 0.733. The first-order chi connectivity index (χ1) is 9.90. The van der Waals surface area contributed by atoms with E-state index in [0.717, 1.165) is 42.9 Å². The van der Waals surface area contributed by atoms with Crippen molar-refractivity contribution in [1.82, 2.24) is 20.3 Å². The van der Waals surface area contributed by atoms with Crippen molar-refractivity contribution in [2.24, 2.45) is 0 Å². The number of hydrogen-bond donors (Lipinski definition) is 1. The number of carbonyl (C=O) groups is 1. The van der Waals surface area contributed by atoms with E-state index in [9.17, 15) is 4.79 Å². The van der Waals surface area contributed by atoms with Gasteiger partial charge in [-0.25, -0.2) is 4.79 Å². The molecule has 0 saturated carbocycles. The van der Waals surface area contributed by atoms with Gasteiger partial charge in [-0.3, -0.25) is 0 Å². The fourth-order valence-electron chi connectivity index (χ4n) is 3.07. The standard InChI is InChI=1S/C15H26N4O2/c1-10(14-11(2)17-21-12(14)3)16-13-6-8-19(9-7-13)15(20)18(4)5/h10,13,16H,6-9H2,1-5H3. The molecular formula is C15H26N4O2. The lowest BCUT2D eigenvalue weighted by Crippen LogP contribution is -2.48. The summed E-state index contributed by atoms with van der Waals surface area (Å²) in [6.45, 7) is 7.68.